The van der Waals surface area contributed by atoms with Gasteiger partial charge in [0.1, 0.15) is 5.75 Å². The minimum Gasteiger partial charge on any atom is -0.497 e. The van der Waals surface area contributed by atoms with E-state index in [4.69, 9.17) is 23.1 Å². The van der Waals surface area contributed by atoms with Crippen molar-refractivity contribution in [2.24, 2.45) is 11.8 Å². The molecule has 0 heterocycles. The lowest BCUT2D eigenvalue weighted by Crippen LogP contribution is -2.67. The lowest BCUT2D eigenvalue weighted by atomic mass is 9.98. The highest BCUT2D eigenvalue weighted by Gasteiger charge is 2.50. The van der Waals surface area contributed by atoms with Crippen molar-refractivity contribution >= 4 is 27.0 Å². The molecule has 0 radical (unpaired) electrons. The average Bonchev–Trinajstić information content (AvgIpc) is 3.16. The third-order valence-electron chi connectivity index (χ3n) is 11.3. The van der Waals surface area contributed by atoms with Gasteiger partial charge in [-0.15, -0.1) is 0 Å². The molecule has 0 aromatic heterocycles. The molecule has 0 spiro atoms. The minimum absolute atomic E-state index is 0.0212. The van der Waals surface area contributed by atoms with Crippen LogP contribution in [0.1, 0.15) is 72.9 Å². The molecule has 0 aliphatic heterocycles. The second-order valence-electron chi connectivity index (χ2n) is 17.6. The Hall–Kier alpha value is -3.31. The molecule has 0 fully saturated rings. The molecule has 5 nitrogen and oxygen atoms in total. The van der Waals surface area contributed by atoms with E-state index in [0.717, 1.165) is 17.7 Å². The fourth-order valence-electron chi connectivity index (χ4n) is 6.77. The molecule has 0 bridgehead atoms. The summed E-state index contributed by atoms with van der Waals surface area (Å²) in [6.45, 7) is 25.3. The first-order valence-corrected chi connectivity index (χ1v) is 24.9. The summed E-state index contributed by atoms with van der Waals surface area (Å²) in [4.78, 5) is 0. The van der Waals surface area contributed by atoms with Gasteiger partial charge in [0.15, 0.2) is 8.32 Å². The summed E-state index contributed by atoms with van der Waals surface area (Å²) in [5, 5.41) is 2.59. The van der Waals surface area contributed by atoms with E-state index < -0.39 is 16.6 Å². The second-order valence-corrected chi connectivity index (χ2v) is 26.7. The monoisotopic (exact) mass is 780 g/mol. The summed E-state index contributed by atoms with van der Waals surface area (Å²) in [5.74, 6) is 1.03. The topological polar surface area (TPSA) is 46.2 Å². The Kier molecular flexibility index (Phi) is 16.3. The van der Waals surface area contributed by atoms with E-state index in [9.17, 15) is 0 Å². The third-order valence-corrected chi connectivity index (χ3v) is 20.9. The smallest absolute Gasteiger partial charge is 0.261 e. The van der Waals surface area contributed by atoms with Crippen molar-refractivity contribution < 1.29 is 23.1 Å². The zero-order valence-electron chi connectivity index (χ0n) is 35.5. The predicted octanol–water partition coefficient (Wildman–Crippen LogP) is 11.0. The summed E-state index contributed by atoms with van der Waals surface area (Å²) in [5.41, 5.74) is 2.27. The first-order valence-electron chi connectivity index (χ1n) is 20.0. The maximum Gasteiger partial charge on any atom is 0.261 e. The number of ether oxygens (including phenoxy) is 3. The van der Waals surface area contributed by atoms with Crippen molar-refractivity contribution in [2.45, 2.75) is 110 Å². The van der Waals surface area contributed by atoms with Crippen molar-refractivity contribution in [1.29, 1.82) is 0 Å². The molecular formula is C48H68O5Si2. The molecule has 298 valence electrons. The van der Waals surface area contributed by atoms with Crippen LogP contribution in [0.15, 0.2) is 127 Å². The van der Waals surface area contributed by atoms with Gasteiger partial charge in [0, 0.05) is 25.0 Å². The van der Waals surface area contributed by atoms with Crippen molar-refractivity contribution in [3.05, 3.63) is 139 Å². The Balaban J connectivity index is 1.61. The summed E-state index contributed by atoms with van der Waals surface area (Å²) in [7, 11) is -2.93. The van der Waals surface area contributed by atoms with Gasteiger partial charge in [-0.3, -0.25) is 0 Å². The van der Waals surface area contributed by atoms with Crippen LogP contribution < -0.4 is 15.1 Å². The van der Waals surface area contributed by atoms with Crippen LogP contribution in [0.2, 0.25) is 23.2 Å². The van der Waals surface area contributed by atoms with Gasteiger partial charge >= 0.3 is 0 Å². The largest absolute Gasteiger partial charge is 0.497 e. The van der Waals surface area contributed by atoms with Gasteiger partial charge in [0.25, 0.3) is 8.32 Å². The molecule has 4 aromatic carbocycles. The number of rotatable bonds is 20. The lowest BCUT2D eigenvalue weighted by molar-refractivity contribution is 0.00187. The van der Waals surface area contributed by atoms with Gasteiger partial charge in [-0.25, -0.2) is 0 Å². The maximum absolute atomic E-state index is 7.42. The Morgan fingerprint density at radius 2 is 1.11 bits per heavy atom. The quantitative estimate of drug-likeness (QED) is 0.0660. The highest BCUT2D eigenvalue weighted by atomic mass is 28.4. The maximum atomic E-state index is 7.42. The molecular weight excluding hydrogens is 713 g/mol. The van der Waals surface area contributed by atoms with Crippen LogP contribution >= 0.6 is 0 Å². The van der Waals surface area contributed by atoms with Crippen LogP contribution in [0.3, 0.4) is 0 Å². The van der Waals surface area contributed by atoms with E-state index in [-0.39, 0.29) is 34.1 Å². The molecule has 0 aliphatic rings. The Labute approximate surface area is 335 Å². The first kappa shape index (κ1) is 44.4. The van der Waals surface area contributed by atoms with Gasteiger partial charge in [-0.1, -0.05) is 171 Å². The molecule has 0 amide bonds. The predicted molar refractivity (Wildman–Crippen MR) is 235 cm³/mol. The Bertz CT molecular complexity index is 1660. The van der Waals surface area contributed by atoms with E-state index in [0.29, 0.717) is 26.4 Å². The fraction of sp³-hybridized carbons (Fsp3) is 0.458. The van der Waals surface area contributed by atoms with Crippen molar-refractivity contribution in [3.63, 3.8) is 0 Å². The molecule has 55 heavy (non-hydrogen) atoms. The van der Waals surface area contributed by atoms with Crippen LogP contribution in [-0.2, 0) is 31.5 Å². The summed E-state index contributed by atoms with van der Waals surface area (Å²) in [6.07, 6.45) is 5.14. The number of benzene rings is 4. The lowest BCUT2D eigenvalue weighted by Gasteiger charge is -2.44. The normalized spacial score (nSPS) is 15.1. The first-order chi connectivity index (χ1) is 26.1. The van der Waals surface area contributed by atoms with Gasteiger partial charge in [-0.2, -0.15) is 0 Å². The molecule has 7 heteroatoms. The van der Waals surface area contributed by atoms with Crippen LogP contribution in [0.4, 0.5) is 0 Å². The average molecular weight is 781 g/mol. The summed E-state index contributed by atoms with van der Waals surface area (Å²) in [6, 6.07) is 40.3. The van der Waals surface area contributed by atoms with Crippen LogP contribution in [0.5, 0.6) is 5.75 Å². The highest BCUT2D eigenvalue weighted by molar-refractivity contribution is 6.99. The van der Waals surface area contributed by atoms with Gasteiger partial charge < -0.3 is 23.1 Å². The minimum atomic E-state index is -2.73. The number of hydrogen-bond acceptors (Lipinski definition) is 5. The summed E-state index contributed by atoms with van der Waals surface area (Å²) >= 11 is 0. The molecule has 0 saturated carbocycles. The van der Waals surface area contributed by atoms with Crippen molar-refractivity contribution in [3.8, 4) is 5.75 Å². The molecule has 0 N–H and O–H groups in total. The Morgan fingerprint density at radius 1 is 0.600 bits per heavy atom. The van der Waals surface area contributed by atoms with Crippen molar-refractivity contribution in [2.75, 3.05) is 20.3 Å². The van der Waals surface area contributed by atoms with E-state index in [2.05, 4.69) is 178 Å². The van der Waals surface area contributed by atoms with E-state index >= 15 is 0 Å². The standard InChI is InChI=1S/C48H68O5Si2/c1-38(46(51-36-40-21-15-12-16-22-40)33-34-52-54(10,11)47(3,4)5)27-32-45(50-37-41-28-30-42(49-9)31-29-41)39(2)35-53-55(48(6,7)8,43-23-17-13-18-24-43)44-25-19-14-20-26-44/h12-32,38-39,45-46H,33-37H2,1-11H3/b32-27-/t38-,39+,45-,46+/m0/s1. The zero-order valence-corrected chi connectivity index (χ0v) is 37.5. The summed E-state index contributed by atoms with van der Waals surface area (Å²) < 4.78 is 32.9. The molecule has 4 rings (SSSR count). The van der Waals surface area contributed by atoms with Crippen LogP contribution in [-0.4, -0.2) is 49.2 Å². The molecule has 0 unspecified atom stereocenters. The van der Waals surface area contributed by atoms with E-state index in [1.165, 1.54) is 15.9 Å². The zero-order chi connectivity index (χ0) is 40.1. The fourth-order valence-corrected chi connectivity index (χ4v) is 12.5. The van der Waals surface area contributed by atoms with Gasteiger partial charge in [-0.05, 0) is 63.2 Å². The van der Waals surface area contributed by atoms with Crippen LogP contribution in [0.25, 0.3) is 0 Å². The van der Waals surface area contributed by atoms with Crippen molar-refractivity contribution in [1.82, 2.24) is 0 Å². The third kappa shape index (κ3) is 12.3. The second kappa shape index (κ2) is 20.2. The van der Waals surface area contributed by atoms with E-state index in [1.54, 1.807) is 7.11 Å². The van der Waals surface area contributed by atoms with E-state index in [1.807, 2.05) is 18.2 Å². The highest BCUT2D eigenvalue weighted by Crippen LogP contribution is 2.38. The number of hydrogen-bond donors (Lipinski definition) is 0. The van der Waals surface area contributed by atoms with Gasteiger partial charge in [0.2, 0.25) is 0 Å². The Morgan fingerprint density at radius 3 is 1.62 bits per heavy atom. The molecule has 4 atom stereocenters. The van der Waals surface area contributed by atoms with Gasteiger partial charge in [0.05, 0.1) is 32.5 Å². The molecule has 4 aromatic rings. The molecule has 0 saturated heterocycles. The number of methoxy groups -OCH3 is 1. The molecule has 0 aliphatic carbocycles. The van der Waals surface area contributed by atoms with Crippen LogP contribution in [0, 0.1) is 11.8 Å². The SMILES string of the molecule is COc1ccc(CO[C@@H](/C=C\[C@H](C)[C@@H](CCO[Si](C)(C)C(C)(C)C)OCc2ccccc2)[C@H](C)CO[Si](c2ccccc2)(c2ccccc2)C(C)(C)C)cc1.